The molecule has 1 fully saturated rings. The molecule has 0 bridgehead atoms. The van der Waals surface area contributed by atoms with Crippen LogP contribution in [0.3, 0.4) is 0 Å². The average molecular weight is 361 g/mol. The van der Waals surface area contributed by atoms with Crippen molar-refractivity contribution in [1.29, 1.82) is 0 Å². The fourth-order valence-electron chi connectivity index (χ4n) is 3.07. The maximum atomic E-state index is 5.62. The summed E-state index contributed by atoms with van der Waals surface area (Å²) in [6.07, 6.45) is 4.17. The van der Waals surface area contributed by atoms with Crippen LogP contribution >= 0.6 is 15.9 Å². The minimum Gasteiger partial charge on any atom is -0.379 e. The lowest BCUT2D eigenvalue weighted by molar-refractivity contribution is 0.0554. The number of aromatic amines is 1. The van der Waals surface area contributed by atoms with E-state index in [1.807, 2.05) is 17.8 Å². The number of hydrogen-bond acceptors (Lipinski definition) is 3. The summed E-state index contributed by atoms with van der Waals surface area (Å²) in [5.74, 6) is 1.72. The number of aromatic nitrogens is 4. The number of ether oxygens (including phenoxy) is 1. The Balaban J connectivity index is 1.84. The summed E-state index contributed by atoms with van der Waals surface area (Å²) in [6, 6.07) is 6.51. The minimum atomic E-state index is 0.269. The van der Waals surface area contributed by atoms with Gasteiger partial charge < -0.3 is 9.72 Å². The molecule has 1 atom stereocenters. The number of nitrogens with zero attached hydrogens (tertiary/aromatic N) is 3. The van der Waals surface area contributed by atoms with Crippen LogP contribution in [0.15, 0.2) is 28.9 Å². The molecule has 1 aliphatic heterocycles. The molecule has 1 aliphatic rings. The van der Waals surface area contributed by atoms with E-state index in [1.165, 1.54) is 0 Å². The molecule has 0 spiro atoms. The maximum absolute atomic E-state index is 5.62. The SMILES string of the molecule is Cc1nc(-c2c[nH]c3cc(Br)ccc23)n(C2CCCOC2)n1. The van der Waals surface area contributed by atoms with Crippen LogP contribution in [-0.4, -0.2) is 33.0 Å². The van der Waals surface area contributed by atoms with Crippen molar-refractivity contribution >= 4 is 26.8 Å². The van der Waals surface area contributed by atoms with Gasteiger partial charge in [-0.05, 0) is 31.9 Å². The van der Waals surface area contributed by atoms with Crippen molar-refractivity contribution in [2.45, 2.75) is 25.8 Å². The van der Waals surface area contributed by atoms with Gasteiger partial charge in [0.15, 0.2) is 5.82 Å². The molecular weight excluding hydrogens is 344 g/mol. The van der Waals surface area contributed by atoms with E-state index in [2.05, 4.69) is 49.2 Å². The smallest absolute Gasteiger partial charge is 0.160 e. The second-order valence-electron chi connectivity index (χ2n) is 5.69. The first-order chi connectivity index (χ1) is 10.7. The van der Waals surface area contributed by atoms with Crippen molar-refractivity contribution in [2.24, 2.45) is 0 Å². The number of rotatable bonds is 2. The number of fused-ring (bicyclic) bond motifs is 1. The van der Waals surface area contributed by atoms with Gasteiger partial charge in [0.1, 0.15) is 5.82 Å². The molecule has 4 rings (SSSR count). The number of halogens is 1. The van der Waals surface area contributed by atoms with E-state index in [0.29, 0.717) is 6.61 Å². The molecule has 0 saturated carbocycles. The van der Waals surface area contributed by atoms with Gasteiger partial charge >= 0.3 is 0 Å². The van der Waals surface area contributed by atoms with E-state index in [4.69, 9.17) is 4.74 Å². The van der Waals surface area contributed by atoms with E-state index < -0.39 is 0 Å². The molecule has 22 heavy (non-hydrogen) atoms. The van der Waals surface area contributed by atoms with Crippen LogP contribution in [0.25, 0.3) is 22.3 Å². The molecule has 6 heteroatoms. The predicted molar refractivity (Wildman–Crippen MR) is 88.8 cm³/mol. The minimum absolute atomic E-state index is 0.269. The number of nitrogens with one attached hydrogen (secondary N) is 1. The summed E-state index contributed by atoms with van der Waals surface area (Å²) in [4.78, 5) is 7.99. The highest BCUT2D eigenvalue weighted by Crippen LogP contribution is 2.32. The molecule has 0 radical (unpaired) electrons. The number of aryl methyl sites for hydroxylation is 1. The molecule has 5 nitrogen and oxygen atoms in total. The quantitative estimate of drug-likeness (QED) is 0.754. The lowest BCUT2D eigenvalue weighted by Gasteiger charge is -2.23. The van der Waals surface area contributed by atoms with Gasteiger partial charge in [0, 0.05) is 33.7 Å². The van der Waals surface area contributed by atoms with Crippen LogP contribution in [0.1, 0.15) is 24.7 Å². The Morgan fingerprint density at radius 2 is 2.32 bits per heavy atom. The van der Waals surface area contributed by atoms with Crippen molar-refractivity contribution in [2.75, 3.05) is 13.2 Å². The molecule has 2 aromatic heterocycles. The third kappa shape index (κ3) is 2.36. The van der Waals surface area contributed by atoms with Crippen molar-refractivity contribution in [3.05, 3.63) is 34.7 Å². The zero-order valence-electron chi connectivity index (χ0n) is 12.3. The van der Waals surface area contributed by atoms with Gasteiger partial charge in [0.2, 0.25) is 0 Å². The molecule has 3 aromatic rings. The maximum Gasteiger partial charge on any atom is 0.160 e. The van der Waals surface area contributed by atoms with Crippen LogP contribution in [0.4, 0.5) is 0 Å². The Hall–Kier alpha value is -1.66. The van der Waals surface area contributed by atoms with Gasteiger partial charge in [-0.2, -0.15) is 5.10 Å². The zero-order chi connectivity index (χ0) is 15.1. The van der Waals surface area contributed by atoms with Gasteiger partial charge in [0.25, 0.3) is 0 Å². The molecule has 3 heterocycles. The Bertz CT molecular complexity index is 817. The fourth-order valence-corrected chi connectivity index (χ4v) is 3.43. The van der Waals surface area contributed by atoms with Crippen molar-refractivity contribution in [3.63, 3.8) is 0 Å². The lowest BCUT2D eigenvalue weighted by Crippen LogP contribution is -2.22. The Morgan fingerprint density at radius 1 is 1.41 bits per heavy atom. The van der Waals surface area contributed by atoms with Crippen LogP contribution in [0.2, 0.25) is 0 Å². The molecule has 114 valence electrons. The normalized spacial score (nSPS) is 18.9. The predicted octanol–water partition coefficient (Wildman–Crippen LogP) is 3.85. The van der Waals surface area contributed by atoms with Crippen LogP contribution in [0.5, 0.6) is 0 Å². The van der Waals surface area contributed by atoms with Gasteiger partial charge in [0.05, 0.1) is 12.6 Å². The van der Waals surface area contributed by atoms with E-state index in [0.717, 1.165) is 52.0 Å². The van der Waals surface area contributed by atoms with E-state index in [9.17, 15) is 0 Å². The molecule has 1 N–H and O–H groups in total. The molecule has 1 saturated heterocycles. The fraction of sp³-hybridized carbons (Fsp3) is 0.375. The van der Waals surface area contributed by atoms with Gasteiger partial charge in [-0.3, -0.25) is 0 Å². The van der Waals surface area contributed by atoms with E-state index >= 15 is 0 Å². The number of hydrogen-bond donors (Lipinski definition) is 1. The van der Waals surface area contributed by atoms with Crippen LogP contribution in [0, 0.1) is 6.92 Å². The van der Waals surface area contributed by atoms with E-state index in [-0.39, 0.29) is 6.04 Å². The van der Waals surface area contributed by atoms with Crippen LogP contribution < -0.4 is 0 Å². The zero-order valence-corrected chi connectivity index (χ0v) is 13.9. The highest BCUT2D eigenvalue weighted by Gasteiger charge is 2.23. The molecule has 0 aliphatic carbocycles. The summed E-state index contributed by atoms with van der Waals surface area (Å²) in [7, 11) is 0. The largest absolute Gasteiger partial charge is 0.379 e. The summed E-state index contributed by atoms with van der Waals surface area (Å²) in [5, 5.41) is 5.78. The third-order valence-electron chi connectivity index (χ3n) is 4.10. The molecule has 1 aromatic carbocycles. The summed E-state index contributed by atoms with van der Waals surface area (Å²) in [6.45, 7) is 3.50. The standard InChI is InChI=1S/C16H17BrN4O/c1-10-19-16(21(20-10)12-3-2-6-22-9-12)14-8-18-15-7-11(17)4-5-13(14)15/h4-5,7-8,12,18H,2-3,6,9H2,1H3. The second kappa shape index (κ2) is 5.52. The van der Waals surface area contributed by atoms with Crippen molar-refractivity contribution in [1.82, 2.24) is 19.7 Å². The second-order valence-corrected chi connectivity index (χ2v) is 6.61. The first-order valence-electron chi connectivity index (χ1n) is 7.50. The van der Waals surface area contributed by atoms with E-state index in [1.54, 1.807) is 0 Å². The summed E-state index contributed by atoms with van der Waals surface area (Å²) in [5.41, 5.74) is 2.19. The van der Waals surface area contributed by atoms with Crippen LogP contribution in [-0.2, 0) is 4.74 Å². The molecule has 1 unspecified atom stereocenters. The first kappa shape index (κ1) is 14.0. The number of benzene rings is 1. The van der Waals surface area contributed by atoms with Gasteiger partial charge in [-0.1, -0.05) is 22.0 Å². The monoisotopic (exact) mass is 360 g/mol. The van der Waals surface area contributed by atoms with Gasteiger partial charge in [-0.25, -0.2) is 9.67 Å². The molecular formula is C16H17BrN4O. The Labute approximate surface area is 136 Å². The Morgan fingerprint density at radius 3 is 3.14 bits per heavy atom. The number of H-pyrrole nitrogens is 1. The molecule has 0 amide bonds. The summed E-state index contributed by atoms with van der Waals surface area (Å²) < 4.78 is 8.72. The first-order valence-corrected chi connectivity index (χ1v) is 8.29. The van der Waals surface area contributed by atoms with Gasteiger partial charge in [-0.15, -0.1) is 0 Å². The third-order valence-corrected chi connectivity index (χ3v) is 4.60. The van der Waals surface area contributed by atoms with Crippen molar-refractivity contribution in [3.8, 4) is 11.4 Å². The topological polar surface area (TPSA) is 55.7 Å². The summed E-state index contributed by atoms with van der Waals surface area (Å²) >= 11 is 3.51. The van der Waals surface area contributed by atoms with Crippen molar-refractivity contribution < 1.29 is 4.74 Å². The lowest BCUT2D eigenvalue weighted by atomic mass is 10.1. The average Bonchev–Trinajstić information content (AvgIpc) is 3.11. The Kier molecular flexibility index (Phi) is 3.50. The highest BCUT2D eigenvalue weighted by atomic mass is 79.9. The highest BCUT2D eigenvalue weighted by molar-refractivity contribution is 9.10.